The highest BCUT2D eigenvalue weighted by Gasteiger charge is 2.11. The fourth-order valence-electron chi connectivity index (χ4n) is 2.61. The Labute approximate surface area is 116 Å². The Morgan fingerprint density at radius 1 is 1.00 bits per heavy atom. The van der Waals surface area contributed by atoms with Gasteiger partial charge in [0.25, 0.3) is 0 Å². The van der Waals surface area contributed by atoms with Gasteiger partial charge in [-0.15, -0.1) is 0 Å². The van der Waals surface area contributed by atoms with Crippen LogP contribution in [0.3, 0.4) is 0 Å². The minimum absolute atomic E-state index is 0.752. The fourth-order valence-corrected chi connectivity index (χ4v) is 2.61. The largest absolute Gasteiger partial charge is 0.261 e. The second-order valence-corrected chi connectivity index (χ2v) is 5.13. The second kappa shape index (κ2) is 7.08. The van der Waals surface area contributed by atoms with Crippen LogP contribution >= 0.6 is 0 Å². The second-order valence-electron chi connectivity index (χ2n) is 5.13. The lowest BCUT2D eigenvalue weighted by molar-refractivity contribution is 0.458. The minimum atomic E-state index is 0.752. The van der Waals surface area contributed by atoms with E-state index < -0.39 is 0 Å². The van der Waals surface area contributed by atoms with Crippen LogP contribution in [0, 0.1) is 5.92 Å². The molecule has 2 rings (SSSR count). The van der Waals surface area contributed by atoms with Gasteiger partial charge in [-0.3, -0.25) is 4.98 Å². The summed E-state index contributed by atoms with van der Waals surface area (Å²) in [6.45, 7) is 4.55. The van der Waals surface area contributed by atoms with Gasteiger partial charge in [0.1, 0.15) is 0 Å². The van der Waals surface area contributed by atoms with Crippen LogP contribution < -0.4 is 0 Å². The zero-order valence-electron chi connectivity index (χ0n) is 12.0. The lowest BCUT2D eigenvalue weighted by atomic mass is 9.92. The Bertz CT molecular complexity index is 490. The first kappa shape index (κ1) is 13.8. The van der Waals surface area contributed by atoms with E-state index in [2.05, 4.69) is 55.2 Å². The number of aromatic nitrogens is 1. The van der Waals surface area contributed by atoms with Crippen LogP contribution in [0.2, 0.25) is 0 Å². The summed E-state index contributed by atoms with van der Waals surface area (Å²) in [4.78, 5) is 4.63. The average Bonchev–Trinajstić information content (AvgIpc) is 2.48. The molecule has 0 amide bonds. The number of hydrogen-bond donors (Lipinski definition) is 0. The van der Waals surface area contributed by atoms with Crippen molar-refractivity contribution in [1.29, 1.82) is 0 Å². The normalized spacial score (nSPS) is 12.3. The molecular formula is C18H23N. The number of nitrogens with zero attached hydrogens (tertiary/aromatic N) is 1. The van der Waals surface area contributed by atoms with Crippen molar-refractivity contribution in [1.82, 2.24) is 4.98 Å². The van der Waals surface area contributed by atoms with E-state index in [0.29, 0.717) is 0 Å². The molecule has 1 unspecified atom stereocenters. The summed E-state index contributed by atoms with van der Waals surface area (Å²) < 4.78 is 0. The van der Waals surface area contributed by atoms with Crippen molar-refractivity contribution >= 4 is 0 Å². The van der Waals surface area contributed by atoms with Crippen LogP contribution in [0.25, 0.3) is 11.1 Å². The third-order valence-electron chi connectivity index (χ3n) is 3.73. The molecule has 1 heterocycles. The Hall–Kier alpha value is -1.63. The first-order chi connectivity index (χ1) is 9.35. The van der Waals surface area contributed by atoms with Gasteiger partial charge in [0.05, 0.1) is 0 Å². The maximum absolute atomic E-state index is 4.63. The standard InChI is InChI=1S/C18H23N/c1-3-9-15(4-2)14-18-17(12-8-13-19-18)16-10-6-5-7-11-16/h5-8,10-13,15H,3-4,9,14H2,1-2H3. The Morgan fingerprint density at radius 2 is 1.79 bits per heavy atom. The van der Waals surface area contributed by atoms with Crippen molar-refractivity contribution in [3.05, 3.63) is 54.4 Å². The van der Waals surface area contributed by atoms with Gasteiger partial charge in [-0.1, -0.05) is 69.5 Å². The smallest absolute Gasteiger partial charge is 0.0484 e. The predicted octanol–water partition coefficient (Wildman–Crippen LogP) is 5.12. The first-order valence-corrected chi connectivity index (χ1v) is 7.34. The maximum atomic E-state index is 4.63. The minimum Gasteiger partial charge on any atom is -0.261 e. The highest BCUT2D eigenvalue weighted by Crippen LogP contribution is 2.26. The highest BCUT2D eigenvalue weighted by molar-refractivity contribution is 5.65. The van der Waals surface area contributed by atoms with Crippen LogP contribution in [0.4, 0.5) is 0 Å². The topological polar surface area (TPSA) is 12.9 Å². The molecule has 0 radical (unpaired) electrons. The van der Waals surface area contributed by atoms with Crippen LogP contribution in [0.1, 0.15) is 38.8 Å². The van der Waals surface area contributed by atoms with E-state index in [1.54, 1.807) is 0 Å². The van der Waals surface area contributed by atoms with Crippen molar-refractivity contribution in [2.45, 2.75) is 39.5 Å². The molecule has 0 bridgehead atoms. The van der Waals surface area contributed by atoms with E-state index in [1.807, 2.05) is 12.3 Å². The molecule has 0 aliphatic heterocycles. The Balaban J connectivity index is 2.26. The van der Waals surface area contributed by atoms with E-state index in [9.17, 15) is 0 Å². The van der Waals surface area contributed by atoms with Gasteiger partial charge in [0.15, 0.2) is 0 Å². The van der Waals surface area contributed by atoms with Crippen molar-refractivity contribution < 1.29 is 0 Å². The molecule has 0 N–H and O–H groups in total. The molecule has 0 spiro atoms. The molecular weight excluding hydrogens is 230 g/mol. The molecule has 0 aliphatic carbocycles. The molecule has 0 saturated heterocycles. The van der Waals surface area contributed by atoms with Gasteiger partial charge in [-0.25, -0.2) is 0 Å². The lowest BCUT2D eigenvalue weighted by Crippen LogP contribution is -2.06. The fraction of sp³-hybridized carbons (Fsp3) is 0.389. The van der Waals surface area contributed by atoms with Crippen molar-refractivity contribution in [3.8, 4) is 11.1 Å². The van der Waals surface area contributed by atoms with Gasteiger partial charge in [-0.2, -0.15) is 0 Å². The average molecular weight is 253 g/mol. The van der Waals surface area contributed by atoms with E-state index in [1.165, 1.54) is 36.1 Å². The molecule has 1 aromatic carbocycles. The van der Waals surface area contributed by atoms with Gasteiger partial charge >= 0.3 is 0 Å². The van der Waals surface area contributed by atoms with Crippen LogP contribution in [0.15, 0.2) is 48.7 Å². The summed E-state index contributed by atoms with van der Waals surface area (Å²) in [6, 6.07) is 14.8. The predicted molar refractivity (Wildman–Crippen MR) is 82.1 cm³/mol. The van der Waals surface area contributed by atoms with E-state index >= 15 is 0 Å². The summed E-state index contributed by atoms with van der Waals surface area (Å²) in [5.74, 6) is 0.752. The van der Waals surface area contributed by atoms with Gasteiger partial charge < -0.3 is 0 Å². The lowest BCUT2D eigenvalue weighted by Gasteiger charge is -2.15. The van der Waals surface area contributed by atoms with E-state index in [0.717, 1.165) is 12.3 Å². The first-order valence-electron chi connectivity index (χ1n) is 7.34. The quantitative estimate of drug-likeness (QED) is 0.696. The van der Waals surface area contributed by atoms with Crippen molar-refractivity contribution in [2.24, 2.45) is 5.92 Å². The number of hydrogen-bond acceptors (Lipinski definition) is 1. The summed E-state index contributed by atoms with van der Waals surface area (Å²) in [5, 5.41) is 0. The molecule has 0 saturated carbocycles. The molecule has 2 aromatic rings. The zero-order chi connectivity index (χ0) is 13.5. The summed E-state index contributed by atoms with van der Waals surface area (Å²) in [5.41, 5.74) is 3.81. The third-order valence-corrected chi connectivity index (χ3v) is 3.73. The molecule has 0 fully saturated rings. The SMILES string of the molecule is CCCC(CC)Cc1ncccc1-c1ccccc1. The number of rotatable bonds is 6. The molecule has 100 valence electrons. The number of benzene rings is 1. The number of pyridine rings is 1. The molecule has 1 atom stereocenters. The van der Waals surface area contributed by atoms with Gasteiger partial charge in [0.2, 0.25) is 0 Å². The summed E-state index contributed by atoms with van der Waals surface area (Å²) in [7, 11) is 0. The van der Waals surface area contributed by atoms with Crippen LogP contribution in [-0.4, -0.2) is 4.98 Å². The monoisotopic (exact) mass is 253 g/mol. The highest BCUT2D eigenvalue weighted by atomic mass is 14.7. The third kappa shape index (κ3) is 3.66. The summed E-state index contributed by atoms with van der Waals surface area (Å²) >= 11 is 0. The summed E-state index contributed by atoms with van der Waals surface area (Å²) in [6.07, 6.45) is 6.79. The molecule has 1 nitrogen and oxygen atoms in total. The molecule has 1 heteroatoms. The maximum Gasteiger partial charge on any atom is 0.0484 e. The zero-order valence-corrected chi connectivity index (χ0v) is 12.0. The Morgan fingerprint density at radius 3 is 2.47 bits per heavy atom. The van der Waals surface area contributed by atoms with E-state index in [4.69, 9.17) is 0 Å². The van der Waals surface area contributed by atoms with Gasteiger partial charge in [-0.05, 0) is 24.0 Å². The van der Waals surface area contributed by atoms with Crippen molar-refractivity contribution in [2.75, 3.05) is 0 Å². The molecule has 19 heavy (non-hydrogen) atoms. The molecule has 1 aromatic heterocycles. The molecule has 0 aliphatic rings. The Kier molecular flexibility index (Phi) is 5.14. The van der Waals surface area contributed by atoms with Gasteiger partial charge in [0, 0.05) is 17.5 Å². The van der Waals surface area contributed by atoms with Crippen LogP contribution in [-0.2, 0) is 6.42 Å². The van der Waals surface area contributed by atoms with Crippen LogP contribution in [0.5, 0.6) is 0 Å². The van der Waals surface area contributed by atoms with Crippen molar-refractivity contribution in [3.63, 3.8) is 0 Å². The van der Waals surface area contributed by atoms with E-state index in [-0.39, 0.29) is 0 Å².